The Morgan fingerprint density at radius 1 is 1.53 bits per heavy atom. The first-order valence-electron chi connectivity index (χ1n) is 6.92. The smallest absolute Gasteiger partial charge is 0.374 e. The van der Waals surface area contributed by atoms with E-state index in [1.807, 2.05) is 6.07 Å². The van der Waals surface area contributed by atoms with Gasteiger partial charge >= 0.3 is 5.97 Å². The van der Waals surface area contributed by atoms with Gasteiger partial charge in [0, 0.05) is 18.2 Å². The predicted octanol–water partition coefficient (Wildman–Crippen LogP) is 3.12. The Bertz CT molecular complexity index is 436. The molecule has 1 atom stereocenters. The molecular formula is C15H23NO3. The highest BCUT2D eigenvalue weighted by molar-refractivity contribution is 5.87. The van der Waals surface area contributed by atoms with Crippen molar-refractivity contribution in [2.24, 2.45) is 5.41 Å². The Kier molecular flexibility index (Phi) is 4.30. The van der Waals surface area contributed by atoms with Gasteiger partial charge in [0.1, 0.15) is 0 Å². The maximum Gasteiger partial charge on any atom is 0.374 e. The molecule has 1 fully saturated rings. The highest BCUT2D eigenvalue weighted by Crippen LogP contribution is 2.35. The van der Waals surface area contributed by atoms with Crippen molar-refractivity contribution in [2.75, 3.05) is 7.11 Å². The largest absolute Gasteiger partial charge is 0.463 e. The molecule has 106 valence electrons. The third kappa shape index (κ3) is 3.18. The lowest BCUT2D eigenvalue weighted by atomic mass is 9.73. The van der Waals surface area contributed by atoms with Crippen molar-refractivity contribution in [1.29, 1.82) is 0 Å². The summed E-state index contributed by atoms with van der Waals surface area (Å²) in [5, 5.41) is 3.57. The molecule has 2 rings (SSSR count). The topological polar surface area (TPSA) is 51.5 Å². The van der Waals surface area contributed by atoms with Crippen molar-refractivity contribution in [3.8, 4) is 0 Å². The average Bonchev–Trinajstić information content (AvgIpc) is 2.84. The molecule has 0 aliphatic heterocycles. The fraction of sp³-hybridized carbons (Fsp3) is 0.667. The minimum atomic E-state index is -0.412. The Hall–Kier alpha value is -1.29. The second-order valence-electron chi connectivity index (χ2n) is 5.93. The highest BCUT2D eigenvalue weighted by atomic mass is 16.5. The first-order chi connectivity index (χ1) is 9.04. The number of rotatable bonds is 4. The first-order valence-corrected chi connectivity index (χ1v) is 6.92. The molecule has 0 saturated heterocycles. The lowest BCUT2D eigenvalue weighted by molar-refractivity contribution is 0.0562. The number of ether oxygens (including phenoxy) is 1. The third-order valence-corrected chi connectivity index (χ3v) is 4.16. The number of nitrogens with one attached hydrogen (secondary N) is 1. The van der Waals surface area contributed by atoms with E-state index in [4.69, 9.17) is 9.15 Å². The Morgan fingerprint density at radius 2 is 2.32 bits per heavy atom. The summed E-state index contributed by atoms with van der Waals surface area (Å²) in [6.45, 7) is 5.26. The van der Waals surface area contributed by atoms with E-state index < -0.39 is 5.97 Å². The number of hydrogen-bond donors (Lipinski definition) is 1. The Balaban J connectivity index is 1.99. The van der Waals surface area contributed by atoms with Crippen LogP contribution in [0.25, 0.3) is 0 Å². The maximum atomic E-state index is 11.5. The molecule has 1 aliphatic rings. The van der Waals surface area contributed by atoms with Gasteiger partial charge in [0.2, 0.25) is 5.76 Å². The van der Waals surface area contributed by atoms with E-state index in [0.717, 1.165) is 5.56 Å². The molecule has 0 aromatic carbocycles. The van der Waals surface area contributed by atoms with Crippen molar-refractivity contribution in [1.82, 2.24) is 5.32 Å². The van der Waals surface area contributed by atoms with Gasteiger partial charge in [-0.25, -0.2) is 4.79 Å². The van der Waals surface area contributed by atoms with Crippen molar-refractivity contribution >= 4 is 5.97 Å². The van der Waals surface area contributed by atoms with Crippen LogP contribution in [0, 0.1) is 5.41 Å². The molecule has 0 bridgehead atoms. The summed E-state index contributed by atoms with van der Waals surface area (Å²) in [7, 11) is 1.37. The average molecular weight is 265 g/mol. The van der Waals surface area contributed by atoms with E-state index in [2.05, 4.69) is 19.2 Å². The predicted molar refractivity (Wildman–Crippen MR) is 72.9 cm³/mol. The van der Waals surface area contributed by atoms with Crippen LogP contribution in [0.5, 0.6) is 0 Å². The molecule has 1 saturated carbocycles. The molecule has 1 aromatic heterocycles. The molecule has 1 unspecified atom stereocenters. The molecule has 4 nitrogen and oxygen atoms in total. The molecule has 0 amide bonds. The van der Waals surface area contributed by atoms with Gasteiger partial charge in [0.25, 0.3) is 0 Å². The molecule has 1 heterocycles. The van der Waals surface area contributed by atoms with Crippen LogP contribution >= 0.6 is 0 Å². The normalized spacial score (nSPS) is 22.2. The van der Waals surface area contributed by atoms with Crippen molar-refractivity contribution < 1.29 is 13.9 Å². The zero-order valence-corrected chi connectivity index (χ0v) is 12.0. The van der Waals surface area contributed by atoms with Crippen LogP contribution in [0.1, 0.15) is 55.6 Å². The van der Waals surface area contributed by atoms with E-state index in [9.17, 15) is 4.79 Å². The van der Waals surface area contributed by atoms with E-state index in [1.165, 1.54) is 39.1 Å². The Morgan fingerprint density at radius 3 is 3.00 bits per heavy atom. The molecule has 19 heavy (non-hydrogen) atoms. The van der Waals surface area contributed by atoms with E-state index in [1.54, 1.807) is 0 Å². The number of methoxy groups -OCH3 is 1. The molecule has 1 aromatic rings. The number of furan rings is 1. The second-order valence-corrected chi connectivity index (χ2v) is 5.93. The van der Waals surface area contributed by atoms with Gasteiger partial charge in [0.05, 0.1) is 13.4 Å². The lowest BCUT2D eigenvalue weighted by Crippen LogP contribution is -2.43. The van der Waals surface area contributed by atoms with Gasteiger partial charge in [-0.2, -0.15) is 0 Å². The molecule has 0 radical (unpaired) electrons. The van der Waals surface area contributed by atoms with Gasteiger partial charge in [-0.05, 0) is 24.3 Å². The molecule has 0 spiro atoms. The van der Waals surface area contributed by atoms with Crippen LogP contribution < -0.4 is 5.32 Å². The molecule has 4 heteroatoms. The summed E-state index contributed by atoms with van der Waals surface area (Å²) < 4.78 is 9.90. The Labute approximate surface area is 114 Å². The SMILES string of the molecule is COC(=O)c1occc1CNC1CCCCC1(C)C. The van der Waals surface area contributed by atoms with Crippen LogP contribution in [0.3, 0.4) is 0 Å². The van der Waals surface area contributed by atoms with Crippen LogP contribution in [0.15, 0.2) is 16.7 Å². The zero-order chi connectivity index (χ0) is 13.9. The lowest BCUT2D eigenvalue weighted by Gasteiger charge is -2.39. The number of esters is 1. The van der Waals surface area contributed by atoms with Gasteiger partial charge in [-0.3, -0.25) is 0 Å². The summed E-state index contributed by atoms with van der Waals surface area (Å²) in [4.78, 5) is 11.5. The van der Waals surface area contributed by atoms with E-state index in [0.29, 0.717) is 23.8 Å². The number of carbonyl (C=O) groups is 1. The van der Waals surface area contributed by atoms with Crippen molar-refractivity contribution in [3.63, 3.8) is 0 Å². The molecule has 1 N–H and O–H groups in total. The van der Waals surface area contributed by atoms with Crippen LogP contribution in [0.4, 0.5) is 0 Å². The van der Waals surface area contributed by atoms with Gasteiger partial charge < -0.3 is 14.5 Å². The summed E-state index contributed by atoms with van der Waals surface area (Å²) in [6, 6.07) is 2.32. The zero-order valence-electron chi connectivity index (χ0n) is 12.0. The first kappa shape index (κ1) is 14.1. The van der Waals surface area contributed by atoms with Gasteiger partial charge in [-0.15, -0.1) is 0 Å². The fourth-order valence-corrected chi connectivity index (χ4v) is 2.85. The standard InChI is InChI=1S/C15H23NO3/c1-15(2)8-5-4-6-12(15)16-10-11-7-9-19-13(11)14(17)18-3/h7,9,12,16H,4-6,8,10H2,1-3H3. The van der Waals surface area contributed by atoms with E-state index >= 15 is 0 Å². The number of hydrogen-bond acceptors (Lipinski definition) is 4. The minimum absolute atomic E-state index is 0.309. The molecule has 1 aliphatic carbocycles. The fourth-order valence-electron chi connectivity index (χ4n) is 2.85. The summed E-state index contributed by atoms with van der Waals surface area (Å²) in [5.74, 6) is -0.103. The minimum Gasteiger partial charge on any atom is -0.463 e. The molecular weight excluding hydrogens is 242 g/mol. The highest BCUT2D eigenvalue weighted by Gasteiger charge is 2.32. The summed E-state index contributed by atoms with van der Waals surface area (Å²) >= 11 is 0. The number of carbonyl (C=O) groups excluding carboxylic acids is 1. The van der Waals surface area contributed by atoms with Crippen LogP contribution in [0.2, 0.25) is 0 Å². The van der Waals surface area contributed by atoms with Crippen LogP contribution in [-0.4, -0.2) is 19.1 Å². The summed E-state index contributed by atoms with van der Waals surface area (Å²) in [6.07, 6.45) is 6.56. The van der Waals surface area contributed by atoms with Gasteiger partial charge in [0.15, 0.2) is 0 Å². The second kappa shape index (κ2) is 5.78. The van der Waals surface area contributed by atoms with Crippen molar-refractivity contribution in [3.05, 3.63) is 23.7 Å². The van der Waals surface area contributed by atoms with Gasteiger partial charge in [-0.1, -0.05) is 26.7 Å². The summed E-state index contributed by atoms with van der Waals surface area (Å²) in [5.41, 5.74) is 1.18. The monoisotopic (exact) mass is 265 g/mol. The quantitative estimate of drug-likeness (QED) is 0.850. The maximum absolute atomic E-state index is 11.5. The third-order valence-electron chi connectivity index (χ3n) is 4.16. The van der Waals surface area contributed by atoms with E-state index in [-0.39, 0.29) is 0 Å². The van der Waals surface area contributed by atoms with Crippen LogP contribution in [-0.2, 0) is 11.3 Å². The van der Waals surface area contributed by atoms with Crippen molar-refractivity contribution in [2.45, 2.75) is 52.1 Å².